The van der Waals surface area contributed by atoms with Crippen LogP contribution in [-0.4, -0.2) is 40.4 Å². The monoisotopic (exact) mass is 268 g/mol. The summed E-state index contributed by atoms with van der Waals surface area (Å²) in [5.74, 6) is 0.730. The third-order valence-electron chi connectivity index (χ3n) is 2.69. The van der Waals surface area contributed by atoms with E-state index in [4.69, 9.17) is 19.9 Å². The second kappa shape index (κ2) is 7.60. The molecule has 0 bridgehead atoms. The van der Waals surface area contributed by atoms with Crippen molar-refractivity contribution >= 4 is 5.91 Å². The predicted octanol–water partition coefficient (Wildman–Crippen LogP) is 0.466. The molecule has 6 heteroatoms. The summed E-state index contributed by atoms with van der Waals surface area (Å²) >= 11 is 0. The van der Waals surface area contributed by atoms with Crippen molar-refractivity contribution in [2.75, 3.05) is 34.5 Å². The zero-order chi connectivity index (χ0) is 14.3. The van der Waals surface area contributed by atoms with Crippen LogP contribution < -0.4 is 20.5 Å². The summed E-state index contributed by atoms with van der Waals surface area (Å²) in [5, 5.41) is 3.03. The summed E-state index contributed by atoms with van der Waals surface area (Å²) in [6.45, 7) is 1.00. The van der Waals surface area contributed by atoms with Crippen LogP contribution >= 0.6 is 0 Å². The van der Waals surface area contributed by atoms with Crippen molar-refractivity contribution < 1.29 is 19.0 Å². The van der Waals surface area contributed by atoms with E-state index in [-0.39, 0.29) is 0 Å². The fraction of sp³-hybridized carbons (Fsp3) is 0.462. The van der Waals surface area contributed by atoms with Gasteiger partial charge in [0, 0.05) is 25.3 Å². The minimum absolute atomic E-state index is 0.473. The number of benzene rings is 1. The molecule has 1 atom stereocenters. The lowest BCUT2D eigenvalue weighted by molar-refractivity contribution is -0.120. The van der Waals surface area contributed by atoms with Crippen LogP contribution in [0.2, 0.25) is 0 Å². The molecule has 1 amide bonds. The molecule has 106 valence electrons. The van der Waals surface area contributed by atoms with Gasteiger partial charge in [-0.15, -0.1) is 0 Å². The largest absolute Gasteiger partial charge is 0.497 e. The maximum Gasteiger partial charge on any atom is 0.239 e. The second-order valence-corrected chi connectivity index (χ2v) is 3.89. The number of primary amides is 1. The molecular formula is C13H20N2O4. The number of nitrogens with two attached hydrogens (primary N) is 1. The van der Waals surface area contributed by atoms with Crippen molar-refractivity contribution in [1.29, 1.82) is 0 Å². The van der Waals surface area contributed by atoms with E-state index in [1.165, 1.54) is 7.11 Å². The maximum atomic E-state index is 11.5. The van der Waals surface area contributed by atoms with Gasteiger partial charge >= 0.3 is 0 Å². The highest BCUT2D eigenvalue weighted by Gasteiger charge is 2.21. The normalized spacial score (nSPS) is 11.9. The average Bonchev–Trinajstić information content (AvgIpc) is 2.43. The van der Waals surface area contributed by atoms with E-state index in [1.807, 2.05) is 0 Å². The Bertz CT molecular complexity index is 423. The molecule has 0 spiro atoms. The summed E-state index contributed by atoms with van der Waals surface area (Å²) in [6, 6.07) is 4.60. The van der Waals surface area contributed by atoms with Crippen molar-refractivity contribution in [1.82, 2.24) is 5.32 Å². The molecule has 6 nitrogen and oxygen atoms in total. The highest BCUT2D eigenvalue weighted by Crippen LogP contribution is 2.29. The van der Waals surface area contributed by atoms with E-state index in [9.17, 15) is 4.79 Å². The van der Waals surface area contributed by atoms with Crippen molar-refractivity contribution in [2.24, 2.45) is 5.73 Å². The number of hydrogen-bond acceptors (Lipinski definition) is 5. The highest BCUT2D eigenvalue weighted by molar-refractivity contribution is 5.82. The van der Waals surface area contributed by atoms with Crippen LogP contribution in [0.1, 0.15) is 11.6 Å². The molecule has 0 fully saturated rings. The van der Waals surface area contributed by atoms with E-state index in [0.29, 0.717) is 30.2 Å². The molecule has 0 aliphatic carbocycles. The van der Waals surface area contributed by atoms with Gasteiger partial charge in [0.15, 0.2) is 0 Å². The Balaban J connectivity index is 2.97. The topological polar surface area (TPSA) is 82.8 Å². The van der Waals surface area contributed by atoms with Crippen LogP contribution in [0, 0.1) is 0 Å². The molecule has 0 aliphatic rings. The zero-order valence-corrected chi connectivity index (χ0v) is 11.4. The van der Waals surface area contributed by atoms with E-state index in [1.54, 1.807) is 32.4 Å². The predicted molar refractivity (Wildman–Crippen MR) is 71.4 cm³/mol. The Kier molecular flexibility index (Phi) is 6.11. The number of carbonyl (C=O) groups excluding carboxylic acids is 1. The van der Waals surface area contributed by atoms with Gasteiger partial charge in [-0.1, -0.05) is 0 Å². The smallest absolute Gasteiger partial charge is 0.239 e. The van der Waals surface area contributed by atoms with Crippen LogP contribution in [-0.2, 0) is 9.53 Å². The zero-order valence-electron chi connectivity index (χ0n) is 11.4. The standard InChI is InChI=1S/C13H20N2O4/c1-17-7-6-15-12(13(14)16)10-5-4-9(18-2)8-11(10)19-3/h4-5,8,12,15H,6-7H2,1-3H3,(H2,14,16). The quantitative estimate of drug-likeness (QED) is 0.670. The first-order valence-electron chi connectivity index (χ1n) is 5.87. The number of methoxy groups -OCH3 is 3. The van der Waals surface area contributed by atoms with Gasteiger partial charge in [0.2, 0.25) is 5.91 Å². The highest BCUT2D eigenvalue weighted by atomic mass is 16.5. The molecule has 1 aromatic carbocycles. The lowest BCUT2D eigenvalue weighted by Crippen LogP contribution is -2.35. The Hall–Kier alpha value is -1.79. The Morgan fingerprint density at radius 2 is 2.05 bits per heavy atom. The van der Waals surface area contributed by atoms with E-state index < -0.39 is 11.9 Å². The first-order valence-corrected chi connectivity index (χ1v) is 5.87. The molecule has 1 rings (SSSR count). The molecular weight excluding hydrogens is 248 g/mol. The molecule has 1 aromatic rings. The number of nitrogens with one attached hydrogen (secondary N) is 1. The molecule has 0 radical (unpaired) electrons. The molecule has 1 unspecified atom stereocenters. The number of ether oxygens (including phenoxy) is 3. The third kappa shape index (κ3) is 4.11. The Labute approximate surface area is 112 Å². The molecule has 0 saturated carbocycles. The van der Waals surface area contributed by atoms with Crippen LogP contribution in [0.5, 0.6) is 11.5 Å². The van der Waals surface area contributed by atoms with Gasteiger partial charge in [0.05, 0.1) is 20.8 Å². The van der Waals surface area contributed by atoms with Crippen LogP contribution in [0.15, 0.2) is 18.2 Å². The lowest BCUT2D eigenvalue weighted by Gasteiger charge is -2.19. The van der Waals surface area contributed by atoms with Gasteiger partial charge in [0.25, 0.3) is 0 Å². The van der Waals surface area contributed by atoms with Crippen molar-refractivity contribution in [3.8, 4) is 11.5 Å². The minimum atomic E-state index is -0.629. The fourth-order valence-electron chi connectivity index (χ4n) is 1.73. The van der Waals surface area contributed by atoms with E-state index in [0.717, 1.165) is 0 Å². The Morgan fingerprint density at radius 3 is 2.58 bits per heavy atom. The maximum absolute atomic E-state index is 11.5. The van der Waals surface area contributed by atoms with Gasteiger partial charge < -0.3 is 19.9 Å². The Morgan fingerprint density at radius 1 is 1.32 bits per heavy atom. The van der Waals surface area contributed by atoms with Gasteiger partial charge in [-0.05, 0) is 12.1 Å². The van der Waals surface area contributed by atoms with Crippen molar-refractivity contribution in [2.45, 2.75) is 6.04 Å². The van der Waals surface area contributed by atoms with Gasteiger partial charge in [0.1, 0.15) is 17.5 Å². The van der Waals surface area contributed by atoms with E-state index in [2.05, 4.69) is 5.32 Å². The number of hydrogen-bond donors (Lipinski definition) is 2. The number of amides is 1. The average molecular weight is 268 g/mol. The molecule has 0 saturated heterocycles. The molecule has 0 aliphatic heterocycles. The SMILES string of the molecule is COCCNC(C(N)=O)c1ccc(OC)cc1OC. The summed E-state index contributed by atoms with van der Waals surface area (Å²) in [5.41, 5.74) is 6.09. The third-order valence-corrected chi connectivity index (χ3v) is 2.69. The summed E-state index contributed by atoms with van der Waals surface area (Å²) in [7, 11) is 4.69. The summed E-state index contributed by atoms with van der Waals surface area (Å²) < 4.78 is 15.3. The van der Waals surface area contributed by atoms with Gasteiger partial charge in [-0.25, -0.2) is 0 Å². The van der Waals surface area contributed by atoms with Crippen LogP contribution in [0.4, 0.5) is 0 Å². The van der Waals surface area contributed by atoms with Crippen LogP contribution in [0.25, 0.3) is 0 Å². The molecule has 19 heavy (non-hydrogen) atoms. The first-order chi connectivity index (χ1) is 9.13. The minimum Gasteiger partial charge on any atom is -0.497 e. The molecule has 0 heterocycles. The first kappa shape index (κ1) is 15.3. The fourth-order valence-corrected chi connectivity index (χ4v) is 1.73. The van der Waals surface area contributed by atoms with Crippen molar-refractivity contribution in [3.63, 3.8) is 0 Å². The van der Waals surface area contributed by atoms with E-state index >= 15 is 0 Å². The van der Waals surface area contributed by atoms with Crippen LogP contribution in [0.3, 0.4) is 0 Å². The number of carbonyl (C=O) groups is 1. The van der Waals surface area contributed by atoms with Gasteiger partial charge in [-0.3, -0.25) is 10.1 Å². The summed E-state index contributed by atoms with van der Waals surface area (Å²) in [6.07, 6.45) is 0. The molecule has 0 aromatic heterocycles. The molecule has 3 N–H and O–H groups in total. The lowest BCUT2D eigenvalue weighted by atomic mass is 10.0. The number of rotatable bonds is 8. The summed E-state index contributed by atoms with van der Waals surface area (Å²) in [4.78, 5) is 11.5. The second-order valence-electron chi connectivity index (χ2n) is 3.89. The van der Waals surface area contributed by atoms with Crippen molar-refractivity contribution in [3.05, 3.63) is 23.8 Å². The van der Waals surface area contributed by atoms with Gasteiger partial charge in [-0.2, -0.15) is 0 Å².